The molecule has 1 atom stereocenters. The smallest absolute Gasteiger partial charge is 0.337 e. The van der Waals surface area contributed by atoms with Gasteiger partial charge in [-0.25, -0.2) is 9.18 Å². The lowest BCUT2D eigenvalue weighted by Gasteiger charge is -2.12. The molecule has 1 aromatic carbocycles. The van der Waals surface area contributed by atoms with E-state index in [1.807, 2.05) is 11.5 Å². The molecule has 0 radical (unpaired) electrons. The Bertz CT molecular complexity index is 795. The van der Waals surface area contributed by atoms with Crippen LogP contribution in [0.15, 0.2) is 24.3 Å². The highest BCUT2D eigenvalue weighted by Gasteiger charge is 2.23. The summed E-state index contributed by atoms with van der Waals surface area (Å²) in [5, 5.41) is 13.0. The minimum Gasteiger partial charge on any atom is -0.478 e. The van der Waals surface area contributed by atoms with Crippen LogP contribution in [-0.2, 0) is 17.8 Å². The van der Waals surface area contributed by atoms with Gasteiger partial charge in [0.05, 0.1) is 18.2 Å². The van der Waals surface area contributed by atoms with Crippen LogP contribution in [0.3, 0.4) is 0 Å². The van der Waals surface area contributed by atoms with Crippen LogP contribution in [0.2, 0.25) is 0 Å². The fourth-order valence-electron chi connectivity index (χ4n) is 3.65. The Kier molecular flexibility index (Phi) is 5.74. The summed E-state index contributed by atoms with van der Waals surface area (Å²) in [6.07, 6.45) is 2.31. The summed E-state index contributed by atoms with van der Waals surface area (Å²) >= 11 is 0. The third-order valence-corrected chi connectivity index (χ3v) is 5.11. The molecule has 1 aromatic heterocycles. The van der Waals surface area contributed by atoms with Gasteiger partial charge in [-0.15, -0.1) is 0 Å². The molecule has 1 saturated heterocycles. The van der Waals surface area contributed by atoms with E-state index in [4.69, 9.17) is 4.74 Å². The predicted molar refractivity (Wildman–Crippen MR) is 97.0 cm³/mol. The molecule has 0 saturated carbocycles. The van der Waals surface area contributed by atoms with Crippen LogP contribution in [0.1, 0.15) is 45.7 Å². The van der Waals surface area contributed by atoms with E-state index in [9.17, 15) is 14.3 Å². The molecule has 2 N–H and O–H groups in total. The van der Waals surface area contributed by atoms with Crippen LogP contribution in [-0.4, -0.2) is 34.9 Å². The lowest BCUT2D eigenvalue weighted by molar-refractivity contribution is 0.0694. The lowest BCUT2D eigenvalue weighted by atomic mass is 10.1. The van der Waals surface area contributed by atoms with E-state index in [0.29, 0.717) is 36.5 Å². The van der Waals surface area contributed by atoms with Gasteiger partial charge in [0.25, 0.3) is 0 Å². The van der Waals surface area contributed by atoms with Gasteiger partial charge in [-0.3, -0.25) is 0 Å². The van der Waals surface area contributed by atoms with Crippen LogP contribution in [0.5, 0.6) is 0 Å². The molecule has 0 amide bonds. The van der Waals surface area contributed by atoms with Crippen molar-refractivity contribution in [1.82, 2.24) is 9.88 Å². The molecular formula is C20H25FN2O3. The predicted octanol–water partition coefficient (Wildman–Crippen LogP) is 3.26. The molecule has 0 bridgehead atoms. The molecule has 6 heteroatoms. The third kappa shape index (κ3) is 3.81. The monoisotopic (exact) mass is 360 g/mol. The van der Waals surface area contributed by atoms with E-state index < -0.39 is 5.97 Å². The average molecular weight is 360 g/mol. The van der Waals surface area contributed by atoms with Crippen LogP contribution < -0.4 is 5.32 Å². The highest BCUT2D eigenvalue weighted by molar-refractivity contribution is 5.91. The maximum atomic E-state index is 14.0. The van der Waals surface area contributed by atoms with Gasteiger partial charge in [0.15, 0.2) is 0 Å². The number of nitrogens with one attached hydrogen (secondary N) is 1. The molecule has 0 spiro atoms. The van der Waals surface area contributed by atoms with Crippen molar-refractivity contribution >= 4 is 5.97 Å². The Hall–Kier alpha value is -2.18. The van der Waals surface area contributed by atoms with Crippen LogP contribution in [0.4, 0.5) is 4.39 Å². The molecule has 0 aliphatic carbocycles. The summed E-state index contributed by atoms with van der Waals surface area (Å²) in [5.74, 6) is -1.23. The number of nitrogens with zero attached hydrogens (tertiary/aromatic N) is 1. The van der Waals surface area contributed by atoms with Gasteiger partial charge in [0, 0.05) is 42.2 Å². The van der Waals surface area contributed by atoms with Crippen molar-refractivity contribution in [1.29, 1.82) is 0 Å². The average Bonchev–Trinajstić information content (AvgIpc) is 3.19. The highest BCUT2D eigenvalue weighted by Crippen LogP contribution is 2.24. The molecule has 2 aromatic rings. The van der Waals surface area contributed by atoms with Crippen molar-refractivity contribution in [3.05, 3.63) is 58.2 Å². The van der Waals surface area contributed by atoms with Crippen molar-refractivity contribution < 1.29 is 19.0 Å². The minimum atomic E-state index is -0.952. The minimum absolute atomic E-state index is 0.199. The number of carboxylic acids is 1. The molecule has 1 aliphatic rings. The Morgan fingerprint density at radius 1 is 1.35 bits per heavy atom. The molecular weight excluding hydrogens is 335 g/mol. The zero-order valence-electron chi connectivity index (χ0n) is 15.2. The summed E-state index contributed by atoms with van der Waals surface area (Å²) in [7, 11) is 0. The first kappa shape index (κ1) is 18.6. The molecule has 1 fully saturated rings. The van der Waals surface area contributed by atoms with E-state index in [1.54, 1.807) is 25.1 Å². The van der Waals surface area contributed by atoms with Gasteiger partial charge in [-0.2, -0.15) is 0 Å². The van der Waals surface area contributed by atoms with Gasteiger partial charge in [0.2, 0.25) is 0 Å². The van der Waals surface area contributed by atoms with E-state index >= 15 is 0 Å². The van der Waals surface area contributed by atoms with Crippen molar-refractivity contribution in [3.63, 3.8) is 0 Å². The summed E-state index contributed by atoms with van der Waals surface area (Å²) in [6.45, 7) is 5.94. The molecule has 140 valence electrons. The normalized spacial score (nSPS) is 17.0. The summed E-state index contributed by atoms with van der Waals surface area (Å²) in [6, 6.07) is 6.59. The number of benzene rings is 1. The molecule has 5 nitrogen and oxygen atoms in total. The fraction of sp³-hybridized carbons (Fsp3) is 0.450. The van der Waals surface area contributed by atoms with Gasteiger partial charge >= 0.3 is 5.97 Å². The number of rotatable bonds is 7. The Balaban J connectivity index is 1.83. The third-order valence-electron chi connectivity index (χ3n) is 5.11. The highest BCUT2D eigenvalue weighted by atomic mass is 19.1. The van der Waals surface area contributed by atoms with E-state index in [2.05, 4.69) is 5.32 Å². The molecule has 3 rings (SSSR count). The zero-order chi connectivity index (χ0) is 18.7. The van der Waals surface area contributed by atoms with Crippen molar-refractivity contribution in [2.75, 3.05) is 13.2 Å². The molecule has 1 aliphatic heterocycles. The van der Waals surface area contributed by atoms with Crippen LogP contribution >= 0.6 is 0 Å². The van der Waals surface area contributed by atoms with E-state index in [-0.39, 0.29) is 11.9 Å². The SMILES string of the molecule is Cc1c(CNCC2CCCO2)c(C(=O)O)c(C)n1Cc1ccccc1F. The Morgan fingerprint density at radius 2 is 2.12 bits per heavy atom. The largest absolute Gasteiger partial charge is 0.478 e. The van der Waals surface area contributed by atoms with Crippen LogP contribution in [0.25, 0.3) is 0 Å². The Morgan fingerprint density at radius 3 is 2.77 bits per heavy atom. The standard InChI is InChI=1S/C20H25FN2O3/c1-13-17(11-22-10-16-7-5-9-26-16)19(20(24)25)14(2)23(13)12-15-6-3-4-8-18(15)21/h3-4,6,8,16,22H,5,7,9-12H2,1-2H3,(H,24,25). The maximum Gasteiger partial charge on any atom is 0.337 e. The van der Waals surface area contributed by atoms with Gasteiger partial charge in [0.1, 0.15) is 5.82 Å². The quantitative estimate of drug-likeness (QED) is 0.796. The number of ether oxygens (including phenoxy) is 1. The first-order valence-corrected chi connectivity index (χ1v) is 8.96. The number of carboxylic acid groups (broad SMARTS) is 1. The lowest BCUT2D eigenvalue weighted by Crippen LogP contribution is -2.26. The number of carbonyl (C=O) groups is 1. The number of aromatic carboxylic acids is 1. The zero-order valence-corrected chi connectivity index (χ0v) is 15.2. The van der Waals surface area contributed by atoms with Crippen molar-refractivity contribution in [3.8, 4) is 0 Å². The second-order valence-corrected chi connectivity index (χ2v) is 6.77. The second kappa shape index (κ2) is 8.01. The van der Waals surface area contributed by atoms with E-state index in [0.717, 1.165) is 30.7 Å². The number of aromatic nitrogens is 1. The summed E-state index contributed by atoms with van der Waals surface area (Å²) < 4.78 is 21.5. The fourth-order valence-corrected chi connectivity index (χ4v) is 3.65. The second-order valence-electron chi connectivity index (χ2n) is 6.77. The molecule has 1 unspecified atom stereocenters. The molecule has 2 heterocycles. The van der Waals surface area contributed by atoms with Crippen molar-refractivity contribution in [2.45, 2.75) is 45.9 Å². The van der Waals surface area contributed by atoms with Crippen LogP contribution in [0, 0.1) is 19.7 Å². The first-order chi connectivity index (χ1) is 12.5. The summed E-state index contributed by atoms with van der Waals surface area (Å²) in [5.41, 5.74) is 3.10. The van der Waals surface area contributed by atoms with Gasteiger partial charge in [-0.1, -0.05) is 18.2 Å². The topological polar surface area (TPSA) is 63.5 Å². The Labute approximate surface area is 152 Å². The number of halogens is 1. The number of hydrogen-bond acceptors (Lipinski definition) is 3. The van der Waals surface area contributed by atoms with Gasteiger partial charge in [-0.05, 0) is 32.8 Å². The van der Waals surface area contributed by atoms with E-state index in [1.165, 1.54) is 6.07 Å². The van der Waals surface area contributed by atoms with Crippen molar-refractivity contribution in [2.24, 2.45) is 0 Å². The molecule has 26 heavy (non-hydrogen) atoms. The number of hydrogen-bond donors (Lipinski definition) is 2. The maximum absolute atomic E-state index is 14.0. The first-order valence-electron chi connectivity index (χ1n) is 8.96. The summed E-state index contributed by atoms with van der Waals surface area (Å²) in [4.78, 5) is 11.8. The van der Waals surface area contributed by atoms with Gasteiger partial charge < -0.3 is 19.7 Å².